The Hall–Kier alpha value is -2.54. The van der Waals surface area contributed by atoms with Crippen LogP contribution in [0.3, 0.4) is 0 Å². The molecule has 1 aromatic rings. The molecule has 140 valence electrons. The van der Waals surface area contributed by atoms with Gasteiger partial charge >= 0.3 is 5.97 Å². The van der Waals surface area contributed by atoms with Crippen LogP contribution in [0.25, 0.3) is 0 Å². The highest BCUT2D eigenvalue weighted by Gasteiger charge is 2.42. The molecule has 1 aliphatic carbocycles. The number of allylic oxidation sites excluding steroid dienone is 1. The molecule has 1 N–H and O–H groups in total. The number of carbonyl (C=O) groups is 2. The number of aliphatic carboxylic acids is 1. The molecule has 4 unspecified atom stereocenters. The van der Waals surface area contributed by atoms with E-state index in [0.29, 0.717) is 30.8 Å². The SMILES string of the molecule is COc1ccc(OC2=COC3CC(OC(C)C(=O)O)CCC3C2=O)cc1. The van der Waals surface area contributed by atoms with Gasteiger partial charge in [-0.3, -0.25) is 4.79 Å². The van der Waals surface area contributed by atoms with Crippen molar-refractivity contribution in [1.82, 2.24) is 0 Å². The molecule has 1 heterocycles. The standard InChI is InChI=1S/C19H22O7/c1-11(19(21)22)25-14-7-8-15-16(9-14)24-10-17(18(15)20)26-13-5-3-12(23-2)4-6-13/h3-6,10-11,14-16H,7-9H2,1-2H3,(H,21,22). The van der Waals surface area contributed by atoms with E-state index in [1.807, 2.05) is 0 Å². The van der Waals surface area contributed by atoms with Crippen molar-refractivity contribution in [3.63, 3.8) is 0 Å². The molecular weight excluding hydrogens is 340 g/mol. The third kappa shape index (κ3) is 3.99. The molecule has 0 aromatic heterocycles. The number of ketones is 1. The van der Waals surface area contributed by atoms with Crippen LogP contribution in [0.1, 0.15) is 26.2 Å². The summed E-state index contributed by atoms with van der Waals surface area (Å²) < 4.78 is 22.0. The summed E-state index contributed by atoms with van der Waals surface area (Å²) in [6, 6.07) is 6.94. The summed E-state index contributed by atoms with van der Waals surface area (Å²) in [7, 11) is 1.58. The molecule has 1 fully saturated rings. The summed E-state index contributed by atoms with van der Waals surface area (Å²) >= 11 is 0. The fraction of sp³-hybridized carbons (Fsp3) is 0.474. The van der Waals surface area contributed by atoms with Crippen LogP contribution < -0.4 is 9.47 Å². The largest absolute Gasteiger partial charge is 0.497 e. The summed E-state index contributed by atoms with van der Waals surface area (Å²) in [5, 5.41) is 8.95. The van der Waals surface area contributed by atoms with Gasteiger partial charge in [-0.1, -0.05) is 0 Å². The van der Waals surface area contributed by atoms with E-state index in [2.05, 4.69) is 0 Å². The minimum Gasteiger partial charge on any atom is -0.497 e. The number of benzene rings is 1. The molecule has 1 saturated carbocycles. The second-order valence-electron chi connectivity index (χ2n) is 6.46. The van der Waals surface area contributed by atoms with Crippen LogP contribution in [0.5, 0.6) is 11.5 Å². The Kier molecular flexibility index (Phi) is 5.46. The predicted octanol–water partition coefficient (Wildman–Crippen LogP) is 2.54. The Bertz CT molecular complexity index is 694. The Morgan fingerprint density at radius 3 is 2.58 bits per heavy atom. The van der Waals surface area contributed by atoms with Crippen molar-refractivity contribution in [2.75, 3.05) is 7.11 Å². The van der Waals surface area contributed by atoms with Crippen LogP contribution in [0.15, 0.2) is 36.3 Å². The van der Waals surface area contributed by atoms with Gasteiger partial charge in [0.25, 0.3) is 0 Å². The van der Waals surface area contributed by atoms with Crippen molar-refractivity contribution in [1.29, 1.82) is 0 Å². The van der Waals surface area contributed by atoms with Crippen LogP contribution in [-0.4, -0.2) is 42.3 Å². The topological polar surface area (TPSA) is 91.3 Å². The van der Waals surface area contributed by atoms with Crippen molar-refractivity contribution in [3.8, 4) is 11.5 Å². The fourth-order valence-corrected chi connectivity index (χ4v) is 3.25. The Labute approximate surface area is 151 Å². The van der Waals surface area contributed by atoms with E-state index in [4.69, 9.17) is 24.1 Å². The third-order valence-corrected chi connectivity index (χ3v) is 4.70. The van der Waals surface area contributed by atoms with Crippen molar-refractivity contribution in [3.05, 3.63) is 36.3 Å². The lowest BCUT2D eigenvalue weighted by Gasteiger charge is -2.37. The smallest absolute Gasteiger partial charge is 0.332 e. The highest BCUT2D eigenvalue weighted by Crippen LogP contribution is 2.35. The predicted molar refractivity (Wildman–Crippen MR) is 90.9 cm³/mol. The van der Waals surface area contributed by atoms with Gasteiger partial charge in [0.2, 0.25) is 11.5 Å². The molecule has 7 heteroatoms. The maximum Gasteiger partial charge on any atom is 0.332 e. The lowest BCUT2D eigenvalue weighted by atomic mass is 9.80. The van der Waals surface area contributed by atoms with Crippen LogP contribution in [0.4, 0.5) is 0 Å². The fourth-order valence-electron chi connectivity index (χ4n) is 3.25. The monoisotopic (exact) mass is 362 g/mol. The molecule has 2 aliphatic rings. The molecule has 0 amide bonds. The van der Waals surface area contributed by atoms with Gasteiger partial charge in [-0.15, -0.1) is 0 Å². The number of rotatable bonds is 6. The van der Waals surface area contributed by atoms with Crippen molar-refractivity contribution in [2.24, 2.45) is 5.92 Å². The van der Waals surface area contributed by atoms with E-state index in [1.54, 1.807) is 31.4 Å². The first-order chi connectivity index (χ1) is 12.5. The highest BCUT2D eigenvalue weighted by molar-refractivity contribution is 5.96. The molecule has 1 aromatic carbocycles. The normalized spacial score (nSPS) is 26.2. The molecule has 4 atom stereocenters. The Morgan fingerprint density at radius 1 is 1.23 bits per heavy atom. The number of carbonyl (C=O) groups excluding carboxylic acids is 1. The Morgan fingerprint density at radius 2 is 1.92 bits per heavy atom. The molecule has 0 bridgehead atoms. The quantitative estimate of drug-likeness (QED) is 0.831. The molecule has 0 radical (unpaired) electrons. The van der Waals surface area contributed by atoms with Crippen LogP contribution in [-0.2, 0) is 19.1 Å². The first-order valence-corrected chi connectivity index (χ1v) is 8.58. The maximum atomic E-state index is 12.7. The number of carboxylic acids is 1. The van der Waals surface area contributed by atoms with E-state index < -0.39 is 12.1 Å². The average Bonchev–Trinajstić information content (AvgIpc) is 2.64. The molecule has 3 rings (SSSR count). The molecule has 26 heavy (non-hydrogen) atoms. The maximum absolute atomic E-state index is 12.7. The zero-order valence-corrected chi connectivity index (χ0v) is 14.7. The van der Waals surface area contributed by atoms with Crippen molar-refractivity contribution in [2.45, 2.75) is 44.5 Å². The van der Waals surface area contributed by atoms with Gasteiger partial charge < -0.3 is 24.1 Å². The van der Waals surface area contributed by atoms with Gasteiger partial charge in [-0.25, -0.2) is 4.79 Å². The highest BCUT2D eigenvalue weighted by atomic mass is 16.5. The summed E-state index contributed by atoms with van der Waals surface area (Å²) in [4.78, 5) is 23.6. The van der Waals surface area contributed by atoms with Crippen LogP contribution in [0, 0.1) is 5.92 Å². The van der Waals surface area contributed by atoms with E-state index in [-0.39, 0.29) is 29.7 Å². The number of hydrogen-bond donors (Lipinski definition) is 1. The average molecular weight is 362 g/mol. The van der Waals surface area contributed by atoms with Crippen molar-refractivity contribution < 1.29 is 33.6 Å². The first kappa shape index (κ1) is 18.3. The van der Waals surface area contributed by atoms with Crippen LogP contribution >= 0.6 is 0 Å². The third-order valence-electron chi connectivity index (χ3n) is 4.70. The summed E-state index contributed by atoms with van der Waals surface area (Å²) in [6.45, 7) is 1.50. The molecule has 7 nitrogen and oxygen atoms in total. The minimum absolute atomic E-state index is 0.0956. The minimum atomic E-state index is -0.997. The van der Waals surface area contributed by atoms with Crippen LogP contribution in [0.2, 0.25) is 0 Å². The van der Waals surface area contributed by atoms with Gasteiger partial charge in [0.15, 0.2) is 6.10 Å². The summed E-state index contributed by atoms with van der Waals surface area (Å²) in [5.41, 5.74) is 0. The zero-order chi connectivity index (χ0) is 18.7. The second-order valence-corrected chi connectivity index (χ2v) is 6.46. The van der Waals surface area contributed by atoms with E-state index in [0.717, 1.165) is 0 Å². The van der Waals surface area contributed by atoms with Gasteiger partial charge in [0.1, 0.15) is 23.9 Å². The first-order valence-electron chi connectivity index (χ1n) is 8.58. The molecular formula is C19H22O7. The van der Waals surface area contributed by atoms with E-state index in [9.17, 15) is 9.59 Å². The Balaban J connectivity index is 1.62. The molecule has 0 saturated heterocycles. The molecule has 0 spiro atoms. The summed E-state index contributed by atoms with van der Waals surface area (Å²) in [6.07, 6.45) is 1.60. The van der Waals surface area contributed by atoms with Gasteiger partial charge in [0, 0.05) is 6.42 Å². The zero-order valence-electron chi connectivity index (χ0n) is 14.7. The number of carboxylic acid groups (broad SMARTS) is 1. The van der Waals surface area contributed by atoms with E-state index in [1.165, 1.54) is 13.2 Å². The number of fused-ring (bicyclic) bond motifs is 1. The van der Waals surface area contributed by atoms with E-state index >= 15 is 0 Å². The number of hydrogen-bond acceptors (Lipinski definition) is 6. The number of ether oxygens (including phenoxy) is 4. The lowest BCUT2D eigenvalue weighted by molar-refractivity contribution is -0.158. The van der Waals surface area contributed by atoms with Crippen molar-refractivity contribution >= 4 is 11.8 Å². The van der Waals surface area contributed by atoms with Gasteiger partial charge in [-0.2, -0.15) is 0 Å². The lowest BCUT2D eigenvalue weighted by Crippen LogP contribution is -2.43. The van der Waals surface area contributed by atoms with Gasteiger partial charge in [0.05, 0.1) is 19.1 Å². The number of Topliss-reactive ketones (excluding diaryl/α,β-unsaturated/α-hetero) is 1. The second kappa shape index (κ2) is 7.78. The van der Waals surface area contributed by atoms with Gasteiger partial charge in [-0.05, 0) is 44.0 Å². The summed E-state index contributed by atoms with van der Waals surface area (Å²) in [5.74, 6) is 0.0128. The number of methoxy groups -OCH3 is 1. The molecule has 1 aliphatic heterocycles.